The largest absolute Gasteiger partial charge is 0.365 e. The molecule has 3 heteroatoms. The van der Waals surface area contributed by atoms with Crippen molar-refractivity contribution in [1.29, 1.82) is 0 Å². The maximum absolute atomic E-state index is 3.67. The van der Waals surface area contributed by atoms with Gasteiger partial charge in [0.1, 0.15) is 0 Å². The highest BCUT2D eigenvalue weighted by molar-refractivity contribution is 9.10. The van der Waals surface area contributed by atoms with Gasteiger partial charge in [-0.2, -0.15) is 0 Å². The minimum absolute atomic E-state index is 0.542. The van der Waals surface area contributed by atoms with E-state index in [9.17, 15) is 0 Å². The second-order valence-corrected chi connectivity index (χ2v) is 6.49. The Kier molecular flexibility index (Phi) is 3.99. The number of anilines is 1. The first kappa shape index (κ1) is 13.9. The number of halogens is 1. The summed E-state index contributed by atoms with van der Waals surface area (Å²) >= 11 is 3.67. The fraction of sp³-hybridized carbons (Fsp3) is 0.412. The number of hydrogen-bond donors (Lipinski definition) is 1. The van der Waals surface area contributed by atoms with Gasteiger partial charge in [-0.05, 0) is 30.9 Å². The maximum atomic E-state index is 3.67. The van der Waals surface area contributed by atoms with Crippen LogP contribution in [0.5, 0.6) is 0 Å². The monoisotopic (exact) mass is 332 g/mol. The van der Waals surface area contributed by atoms with Crippen LogP contribution in [-0.2, 0) is 0 Å². The highest BCUT2D eigenvalue weighted by Crippen LogP contribution is 2.34. The number of rotatable bonds is 2. The van der Waals surface area contributed by atoms with Crippen LogP contribution in [0.15, 0.2) is 40.9 Å². The van der Waals surface area contributed by atoms with E-state index in [-0.39, 0.29) is 0 Å². The Hall–Kier alpha value is -1.06. The van der Waals surface area contributed by atoms with Crippen LogP contribution < -0.4 is 10.2 Å². The van der Waals surface area contributed by atoms with Gasteiger partial charge in [0.25, 0.3) is 0 Å². The lowest BCUT2D eigenvalue weighted by Gasteiger charge is -2.41. The highest BCUT2D eigenvalue weighted by atomic mass is 79.9. The van der Waals surface area contributed by atoms with Crippen LogP contribution in [0.1, 0.15) is 20.3 Å². The van der Waals surface area contributed by atoms with E-state index in [1.54, 1.807) is 0 Å². The first-order chi connectivity index (χ1) is 9.70. The van der Waals surface area contributed by atoms with E-state index in [1.165, 1.54) is 27.4 Å². The Labute approximate surface area is 129 Å². The zero-order valence-corrected chi connectivity index (χ0v) is 13.7. The number of piperazine rings is 1. The zero-order valence-electron chi connectivity index (χ0n) is 12.1. The minimum Gasteiger partial charge on any atom is -0.365 e. The van der Waals surface area contributed by atoms with Crippen molar-refractivity contribution in [2.45, 2.75) is 32.4 Å². The molecule has 0 aliphatic carbocycles. The van der Waals surface area contributed by atoms with Crippen molar-refractivity contribution in [2.75, 3.05) is 18.0 Å². The lowest BCUT2D eigenvalue weighted by Crippen LogP contribution is -2.55. The fourth-order valence-electron chi connectivity index (χ4n) is 3.11. The standard InChI is InChI=1S/C17H21BrN2/c1-3-13-10-19-12(2)11-20(13)17-9-8-16(18)14-6-4-5-7-15(14)17/h4-9,12-13,19H,3,10-11H2,1-2H3. The molecule has 1 aliphatic rings. The Morgan fingerprint density at radius 2 is 1.95 bits per heavy atom. The first-order valence-electron chi connectivity index (χ1n) is 7.38. The van der Waals surface area contributed by atoms with E-state index in [4.69, 9.17) is 0 Å². The second-order valence-electron chi connectivity index (χ2n) is 5.64. The van der Waals surface area contributed by atoms with E-state index in [1.807, 2.05) is 0 Å². The van der Waals surface area contributed by atoms with Gasteiger partial charge in [-0.3, -0.25) is 0 Å². The Bertz CT molecular complexity index is 611. The average molecular weight is 333 g/mol. The number of nitrogens with zero attached hydrogens (tertiary/aromatic N) is 1. The van der Waals surface area contributed by atoms with E-state index >= 15 is 0 Å². The summed E-state index contributed by atoms with van der Waals surface area (Å²) < 4.78 is 1.17. The molecule has 0 aromatic heterocycles. The summed E-state index contributed by atoms with van der Waals surface area (Å²) in [6.45, 7) is 6.68. The van der Waals surface area contributed by atoms with Gasteiger partial charge in [-0.25, -0.2) is 0 Å². The molecule has 106 valence electrons. The van der Waals surface area contributed by atoms with Crippen molar-refractivity contribution < 1.29 is 0 Å². The summed E-state index contributed by atoms with van der Waals surface area (Å²) in [6, 6.07) is 14.2. The van der Waals surface area contributed by atoms with Crippen LogP contribution in [-0.4, -0.2) is 25.2 Å². The topological polar surface area (TPSA) is 15.3 Å². The quantitative estimate of drug-likeness (QED) is 0.887. The third-order valence-corrected chi connectivity index (χ3v) is 4.93. The van der Waals surface area contributed by atoms with Gasteiger partial charge >= 0.3 is 0 Å². The molecule has 2 nitrogen and oxygen atoms in total. The summed E-state index contributed by atoms with van der Waals surface area (Å²) in [5, 5.41) is 6.23. The summed E-state index contributed by atoms with van der Waals surface area (Å²) in [5.41, 5.74) is 1.36. The van der Waals surface area contributed by atoms with Gasteiger partial charge in [0.15, 0.2) is 0 Å². The molecule has 0 saturated carbocycles. The molecule has 1 saturated heterocycles. The molecular weight excluding hydrogens is 312 g/mol. The summed E-state index contributed by atoms with van der Waals surface area (Å²) in [5.74, 6) is 0. The Balaban J connectivity index is 2.10. The molecular formula is C17H21BrN2. The SMILES string of the molecule is CCC1CNC(C)CN1c1ccc(Br)c2ccccc12. The van der Waals surface area contributed by atoms with Gasteiger partial charge in [0.2, 0.25) is 0 Å². The van der Waals surface area contributed by atoms with Crippen molar-refractivity contribution in [2.24, 2.45) is 0 Å². The zero-order chi connectivity index (χ0) is 14.1. The van der Waals surface area contributed by atoms with Crippen molar-refractivity contribution >= 4 is 32.4 Å². The van der Waals surface area contributed by atoms with Crippen LogP contribution in [0.3, 0.4) is 0 Å². The molecule has 0 spiro atoms. The van der Waals surface area contributed by atoms with E-state index < -0.39 is 0 Å². The molecule has 2 atom stereocenters. The number of fused-ring (bicyclic) bond motifs is 1. The number of hydrogen-bond acceptors (Lipinski definition) is 2. The fourth-order valence-corrected chi connectivity index (χ4v) is 3.59. The Morgan fingerprint density at radius 1 is 1.20 bits per heavy atom. The molecule has 2 unspecified atom stereocenters. The lowest BCUT2D eigenvalue weighted by molar-refractivity contribution is 0.403. The second kappa shape index (κ2) is 5.74. The predicted octanol–water partition coefficient (Wildman–Crippen LogP) is 4.18. The number of benzene rings is 2. The molecule has 1 N–H and O–H groups in total. The molecule has 1 fully saturated rings. The maximum Gasteiger partial charge on any atom is 0.0450 e. The van der Waals surface area contributed by atoms with Crippen molar-refractivity contribution in [3.8, 4) is 0 Å². The predicted molar refractivity (Wildman–Crippen MR) is 90.5 cm³/mol. The van der Waals surface area contributed by atoms with Gasteiger partial charge in [-0.1, -0.05) is 47.1 Å². The normalized spacial score (nSPS) is 23.2. The van der Waals surface area contributed by atoms with E-state index in [0.29, 0.717) is 12.1 Å². The molecule has 2 aromatic rings. The van der Waals surface area contributed by atoms with Gasteiger partial charge in [-0.15, -0.1) is 0 Å². The summed E-state index contributed by atoms with van der Waals surface area (Å²) in [7, 11) is 0. The minimum atomic E-state index is 0.542. The molecule has 0 amide bonds. The molecule has 20 heavy (non-hydrogen) atoms. The van der Waals surface area contributed by atoms with Crippen molar-refractivity contribution in [3.63, 3.8) is 0 Å². The molecule has 1 aliphatic heterocycles. The molecule has 0 bridgehead atoms. The van der Waals surface area contributed by atoms with E-state index in [2.05, 4.69) is 76.4 Å². The molecule has 0 radical (unpaired) electrons. The van der Waals surface area contributed by atoms with Gasteiger partial charge in [0.05, 0.1) is 0 Å². The third kappa shape index (κ3) is 2.45. The average Bonchev–Trinajstić information content (AvgIpc) is 2.48. The van der Waals surface area contributed by atoms with Gasteiger partial charge < -0.3 is 10.2 Å². The summed E-state index contributed by atoms with van der Waals surface area (Å²) in [4.78, 5) is 2.58. The number of nitrogens with one attached hydrogen (secondary N) is 1. The van der Waals surface area contributed by atoms with E-state index in [0.717, 1.165) is 13.1 Å². The highest BCUT2D eigenvalue weighted by Gasteiger charge is 2.25. The van der Waals surface area contributed by atoms with Crippen LogP contribution in [0, 0.1) is 0 Å². The summed E-state index contributed by atoms with van der Waals surface area (Å²) in [6.07, 6.45) is 1.17. The Morgan fingerprint density at radius 3 is 2.70 bits per heavy atom. The van der Waals surface area contributed by atoms with Crippen molar-refractivity contribution in [1.82, 2.24) is 5.32 Å². The van der Waals surface area contributed by atoms with Crippen LogP contribution in [0.4, 0.5) is 5.69 Å². The molecule has 2 aromatic carbocycles. The van der Waals surface area contributed by atoms with Crippen molar-refractivity contribution in [3.05, 3.63) is 40.9 Å². The first-order valence-corrected chi connectivity index (χ1v) is 8.17. The molecule has 1 heterocycles. The lowest BCUT2D eigenvalue weighted by atomic mass is 10.0. The van der Waals surface area contributed by atoms with Gasteiger partial charge in [0, 0.05) is 40.7 Å². The van der Waals surface area contributed by atoms with Crippen LogP contribution in [0.25, 0.3) is 10.8 Å². The third-order valence-electron chi connectivity index (χ3n) is 4.24. The smallest absolute Gasteiger partial charge is 0.0450 e. The molecule has 3 rings (SSSR count). The van der Waals surface area contributed by atoms with Crippen LogP contribution in [0.2, 0.25) is 0 Å². The van der Waals surface area contributed by atoms with Crippen LogP contribution >= 0.6 is 15.9 Å².